The van der Waals surface area contributed by atoms with E-state index in [4.69, 9.17) is 0 Å². The van der Waals surface area contributed by atoms with Crippen molar-refractivity contribution in [1.82, 2.24) is 14.6 Å². The standard InChI is InChI=1S/C24H23N3O/c1-24(2,3)19-11-9-18(10-12-19)22(28)16-20-15-21(17-7-5-4-6-8-17)27-23(26-20)13-14-25-27/h4-15H,16H2,1-3H3. The van der Waals surface area contributed by atoms with Crippen molar-refractivity contribution >= 4 is 11.4 Å². The number of benzene rings is 2. The minimum atomic E-state index is 0.0656. The molecule has 0 saturated carbocycles. The lowest BCUT2D eigenvalue weighted by molar-refractivity contribution is 0.0992. The van der Waals surface area contributed by atoms with Gasteiger partial charge < -0.3 is 0 Å². The van der Waals surface area contributed by atoms with Crippen molar-refractivity contribution in [3.05, 3.63) is 89.7 Å². The van der Waals surface area contributed by atoms with Crippen LogP contribution in [0.15, 0.2) is 72.9 Å². The number of Topliss-reactive ketones (excluding diaryl/α,β-unsaturated/α-hetero) is 1. The molecule has 4 rings (SSSR count). The van der Waals surface area contributed by atoms with E-state index in [2.05, 4.69) is 30.9 Å². The number of nitrogens with zero attached hydrogens (tertiary/aromatic N) is 3. The summed E-state index contributed by atoms with van der Waals surface area (Å²) >= 11 is 0. The molecule has 0 N–H and O–H groups in total. The van der Waals surface area contributed by atoms with E-state index in [0.29, 0.717) is 5.56 Å². The van der Waals surface area contributed by atoms with E-state index in [9.17, 15) is 4.79 Å². The lowest BCUT2D eigenvalue weighted by Gasteiger charge is -2.19. The molecule has 0 aliphatic carbocycles. The van der Waals surface area contributed by atoms with Crippen LogP contribution in [0.25, 0.3) is 16.9 Å². The summed E-state index contributed by atoms with van der Waals surface area (Å²) in [6.07, 6.45) is 1.99. The Kier molecular flexibility index (Phi) is 4.55. The zero-order valence-corrected chi connectivity index (χ0v) is 16.4. The van der Waals surface area contributed by atoms with Gasteiger partial charge >= 0.3 is 0 Å². The Labute approximate surface area is 164 Å². The van der Waals surface area contributed by atoms with E-state index in [-0.39, 0.29) is 17.6 Å². The maximum atomic E-state index is 12.8. The maximum Gasteiger partial charge on any atom is 0.168 e. The third-order valence-electron chi connectivity index (χ3n) is 4.90. The van der Waals surface area contributed by atoms with Gasteiger partial charge in [0.2, 0.25) is 0 Å². The molecule has 0 bridgehead atoms. The lowest BCUT2D eigenvalue weighted by atomic mass is 9.86. The van der Waals surface area contributed by atoms with Gasteiger partial charge in [-0.25, -0.2) is 9.50 Å². The first-order valence-electron chi connectivity index (χ1n) is 9.45. The number of hydrogen-bond acceptors (Lipinski definition) is 3. The first kappa shape index (κ1) is 18.1. The molecule has 0 unspecified atom stereocenters. The van der Waals surface area contributed by atoms with E-state index in [0.717, 1.165) is 22.6 Å². The Balaban J connectivity index is 1.66. The van der Waals surface area contributed by atoms with Crippen LogP contribution >= 0.6 is 0 Å². The van der Waals surface area contributed by atoms with Crippen LogP contribution in [0, 0.1) is 0 Å². The first-order chi connectivity index (χ1) is 13.4. The van der Waals surface area contributed by atoms with Crippen molar-refractivity contribution in [3.8, 4) is 11.3 Å². The highest BCUT2D eigenvalue weighted by atomic mass is 16.1. The molecule has 0 radical (unpaired) electrons. The molecule has 28 heavy (non-hydrogen) atoms. The zero-order chi connectivity index (χ0) is 19.7. The van der Waals surface area contributed by atoms with Gasteiger partial charge in [0, 0.05) is 17.2 Å². The predicted molar refractivity (Wildman–Crippen MR) is 112 cm³/mol. The minimum Gasteiger partial charge on any atom is -0.294 e. The van der Waals surface area contributed by atoms with Gasteiger partial charge in [-0.05, 0) is 17.0 Å². The molecule has 140 valence electrons. The molecule has 0 atom stereocenters. The van der Waals surface area contributed by atoms with Crippen LogP contribution in [0.2, 0.25) is 0 Å². The second-order valence-electron chi connectivity index (χ2n) is 8.03. The zero-order valence-electron chi connectivity index (χ0n) is 16.4. The van der Waals surface area contributed by atoms with Gasteiger partial charge in [0.05, 0.1) is 24.0 Å². The Morgan fingerprint density at radius 1 is 0.964 bits per heavy atom. The fourth-order valence-corrected chi connectivity index (χ4v) is 3.29. The summed E-state index contributed by atoms with van der Waals surface area (Å²) in [5.41, 5.74) is 5.46. The first-order valence-corrected chi connectivity index (χ1v) is 9.45. The van der Waals surface area contributed by atoms with Crippen molar-refractivity contribution in [2.24, 2.45) is 0 Å². The Morgan fingerprint density at radius 3 is 2.36 bits per heavy atom. The predicted octanol–water partition coefficient (Wildman–Crippen LogP) is 5.12. The topological polar surface area (TPSA) is 47.3 Å². The Morgan fingerprint density at radius 2 is 1.68 bits per heavy atom. The second-order valence-corrected chi connectivity index (χ2v) is 8.03. The van der Waals surface area contributed by atoms with Gasteiger partial charge in [0.25, 0.3) is 0 Å². The summed E-state index contributed by atoms with van der Waals surface area (Å²) < 4.78 is 1.81. The van der Waals surface area contributed by atoms with E-state index >= 15 is 0 Å². The van der Waals surface area contributed by atoms with Crippen molar-refractivity contribution in [3.63, 3.8) is 0 Å². The van der Waals surface area contributed by atoms with Crippen molar-refractivity contribution < 1.29 is 4.79 Å². The number of hydrogen-bond donors (Lipinski definition) is 0. The molecular weight excluding hydrogens is 346 g/mol. The van der Waals surface area contributed by atoms with Gasteiger partial charge in [-0.1, -0.05) is 75.4 Å². The molecule has 0 spiro atoms. The largest absolute Gasteiger partial charge is 0.294 e. The molecule has 4 heteroatoms. The van der Waals surface area contributed by atoms with Gasteiger partial charge in [0.15, 0.2) is 11.4 Å². The lowest BCUT2D eigenvalue weighted by Crippen LogP contribution is -2.12. The van der Waals surface area contributed by atoms with Crippen LogP contribution in [0.5, 0.6) is 0 Å². The number of carbonyl (C=O) groups excluding carboxylic acids is 1. The number of rotatable bonds is 4. The molecule has 2 aromatic carbocycles. The summed E-state index contributed by atoms with van der Waals surface area (Å²) in [6.45, 7) is 6.50. The summed E-state index contributed by atoms with van der Waals surface area (Å²) in [4.78, 5) is 17.5. The van der Waals surface area contributed by atoms with Crippen molar-refractivity contribution in [2.75, 3.05) is 0 Å². The van der Waals surface area contributed by atoms with Crippen LogP contribution in [-0.4, -0.2) is 20.4 Å². The quantitative estimate of drug-likeness (QED) is 0.469. The van der Waals surface area contributed by atoms with Crippen LogP contribution in [-0.2, 0) is 11.8 Å². The molecule has 4 nitrogen and oxygen atoms in total. The van der Waals surface area contributed by atoms with Gasteiger partial charge in [-0.2, -0.15) is 5.10 Å². The number of aromatic nitrogens is 3. The van der Waals surface area contributed by atoms with Crippen LogP contribution < -0.4 is 0 Å². The van der Waals surface area contributed by atoms with E-state index < -0.39 is 0 Å². The maximum absolute atomic E-state index is 12.8. The highest BCUT2D eigenvalue weighted by Crippen LogP contribution is 2.24. The average Bonchev–Trinajstić information content (AvgIpc) is 3.16. The normalized spacial score (nSPS) is 11.7. The molecule has 0 saturated heterocycles. The molecule has 2 aromatic heterocycles. The third kappa shape index (κ3) is 3.58. The molecule has 0 amide bonds. The average molecular weight is 369 g/mol. The van der Waals surface area contributed by atoms with Crippen LogP contribution in [0.3, 0.4) is 0 Å². The van der Waals surface area contributed by atoms with Gasteiger partial charge in [-0.15, -0.1) is 0 Å². The molecular formula is C24H23N3O. The molecule has 4 aromatic rings. The molecule has 0 aliphatic rings. The summed E-state index contributed by atoms with van der Waals surface area (Å²) in [5.74, 6) is 0.0656. The smallest absolute Gasteiger partial charge is 0.168 e. The summed E-state index contributed by atoms with van der Waals surface area (Å²) in [6, 6.07) is 21.8. The number of carbonyl (C=O) groups is 1. The fraction of sp³-hybridized carbons (Fsp3) is 0.208. The van der Waals surface area contributed by atoms with Crippen LogP contribution in [0.4, 0.5) is 0 Å². The SMILES string of the molecule is CC(C)(C)c1ccc(C(=O)Cc2cc(-c3ccccc3)n3nccc3n2)cc1. The molecule has 2 heterocycles. The second kappa shape index (κ2) is 7.04. The van der Waals surface area contributed by atoms with Crippen molar-refractivity contribution in [1.29, 1.82) is 0 Å². The third-order valence-corrected chi connectivity index (χ3v) is 4.90. The highest BCUT2D eigenvalue weighted by molar-refractivity contribution is 5.97. The number of fused-ring (bicyclic) bond motifs is 1. The summed E-state index contributed by atoms with van der Waals surface area (Å²) in [5, 5.41) is 4.38. The number of ketones is 1. The monoisotopic (exact) mass is 369 g/mol. The molecule has 0 aliphatic heterocycles. The van der Waals surface area contributed by atoms with Crippen LogP contribution in [0.1, 0.15) is 42.4 Å². The Bertz CT molecular complexity index is 1120. The van der Waals surface area contributed by atoms with E-state index in [1.165, 1.54) is 5.56 Å². The van der Waals surface area contributed by atoms with Gasteiger partial charge in [-0.3, -0.25) is 4.79 Å². The van der Waals surface area contributed by atoms with E-state index in [1.807, 2.05) is 66.7 Å². The van der Waals surface area contributed by atoms with E-state index in [1.54, 1.807) is 10.7 Å². The van der Waals surface area contributed by atoms with Gasteiger partial charge in [0.1, 0.15) is 0 Å². The van der Waals surface area contributed by atoms with Crippen molar-refractivity contribution in [2.45, 2.75) is 32.6 Å². The highest BCUT2D eigenvalue weighted by Gasteiger charge is 2.16. The summed E-state index contributed by atoms with van der Waals surface area (Å²) in [7, 11) is 0. The fourth-order valence-electron chi connectivity index (χ4n) is 3.29. The minimum absolute atomic E-state index is 0.0656. The molecule has 0 fully saturated rings. The Hall–Kier alpha value is -3.27.